The van der Waals surface area contributed by atoms with Crippen LogP contribution in [0.4, 0.5) is 0 Å². The molecule has 0 saturated heterocycles. The van der Waals surface area contributed by atoms with E-state index in [0.717, 1.165) is 28.1 Å². The summed E-state index contributed by atoms with van der Waals surface area (Å²) < 4.78 is 0. The smallest absolute Gasteiger partial charge is 0.160 e. The first-order valence-electron chi connectivity index (χ1n) is 18.5. The second-order valence-electron chi connectivity index (χ2n) is 14.1. The van der Waals surface area contributed by atoms with Crippen molar-refractivity contribution in [2.75, 3.05) is 0 Å². The van der Waals surface area contributed by atoms with E-state index in [1.165, 1.54) is 75.8 Å². The first kappa shape index (κ1) is 30.5. The first-order valence-corrected chi connectivity index (χ1v) is 18.5. The SMILES string of the molecule is c1ccc(-c2cc(-c3ccc4c5ccccc5c5ccccc5c4c3)nc(-c3ccc(-c4c5ccccc5cc5c4ccc4ccccc45)cc3)n2)cc1. The van der Waals surface area contributed by atoms with Crippen LogP contribution in [0.5, 0.6) is 0 Å². The molecule has 0 aliphatic carbocycles. The van der Waals surface area contributed by atoms with Gasteiger partial charge in [0.15, 0.2) is 5.82 Å². The number of rotatable bonds is 4. The lowest BCUT2D eigenvalue weighted by Crippen LogP contribution is -1.96. The molecule has 0 N–H and O–H groups in total. The maximum Gasteiger partial charge on any atom is 0.160 e. The van der Waals surface area contributed by atoms with Crippen molar-refractivity contribution in [3.63, 3.8) is 0 Å². The predicted octanol–water partition coefficient (Wildman–Crippen LogP) is 14.1. The van der Waals surface area contributed by atoms with Crippen LogP contribution in [0, 0.1) is 0 Å². The van der Waals surface area contributed by atoms with Gasteiger partial charge >= 0.3 is 0 Å². The Labute approximate surface area is 312 Å². The van der Waals surface area contributed by atoms with Gasteiger partial charge in [-0.05, 0) is 94.0 Å². The third-order valence-corrected chi connectivity index (χ3v) is 11.0. The average Bonchev–Trinajstić information content (AvgIpc) is 3.25. The van der Waals surface area contributed by atoms with Gasteiger partial charge in [-0.3, -0.25) is 0 Å². The van der Waals surface area contributed by atoms with Crippen molar-refractivity contribution in [3.05, 3.63) is 194 Å². The molecule has 11 aromatic rings. The fourth-order valence-electron chi connectivity index (χ4n) is 8.47. The fraction of sp³-hybridized carbons (Fsp3) is 0. The molecule has 0 aliphatic rings. The van der Waals surface area contributed by atoms with Gasteiger partial charge in [0.05, 0.1) is 11.4 Å². The number of benzene rings is 10. The van der Waals surface area contributed by atoms with E-state index >= 15 is 0 Å². The van der Waals surface area contributed by atoms with Gasteiger partial charge in [-0.1, -0.05) is 176 Å². The first-order chi connectivity index (χ1) is 26.8. The van der Waals surface area contributed by atoms with Crippen LogP contribution >= 0.6 is 0 Å². The number of aromatic nitrogens is 2. The van der Waals surface area contributed by atoms with E-state index in [1.54, 1.807) is 0 Å². The summed E-state index contributed by atoms with van der Waals surface area (Å²) in [6, 6.07) is 69.8. The molecule has 0 amide bonds. The van der Waals surface area contributed by atoms with Gasteiger partial charge < -0.3 is 0 Å². The Morgan fingerprint density at radius 3 is 1.43 bits per heavy atom. The molecule has 2 nitrogen and oxygen atoms in total. The number of hydrogen-bond donors (Lipinski definition) is 0. The van der Waals surface area contributed by atoms with Gasteiger partial charge in [0.1, 0.15) is 0 Å². The van der Waals surface area contributed by atoms with Crippen LogP contribution in [0.3, 0.4) is 0 Å². The second-order valence-corrected chi connectivity index (χ2v) is 14.1. The highest BCUT2D eigenvalue weighted by atomic mass is 14.9. The molecule has 0 unspecified atom stereocenters. The van der Waals surface area contributed by atoms with Gasteiger partial charge in [0.2, 0.25) is 0 Å². The molecular weight excluding hydrogens is 653 g/mol. The van der Waals surface area contributed by atoms with Gasteiger partial charge in [-0.25, -0.2) is 9.97 Å². The van der Waals surface area contributed by atoms with Crippen molar-refractivity contribution in [2.24, 2.45) is 0 Å². The zero-order chi connectivity index (χ0) is 35.6. The maximum absolute atomic E-state index is 5.27. The van der Waals surface area contributed by atoms with E-state index in [-0.39, 0.29) is 0 Å². The Bertz CT molecular complexity index is 3220. The molecular formula is C52H32N2. The Morgan fingerprint density at radius 1 is 0.241 bits per heavy atom. The van der Waals surface area contributed by atoms with Gasteiger partial charge in [0, 0.05) is 16.7 Å². The van der Waals surface area contributed by atoms with Crippen molar-refractivity contribution in [2.45, 2.75) is 0 Å². The Kier molecular flexibility index (Phi) is 6.90. The van der Waals surface area contributed by atoms with Crippen molar-refractivity contribution in [3.8, 4) is 45.0 Å². The summed E-state index contributed by atoms with van der Waals surface area (Å²) in [7, 11) is 0. The van der Waals surface area contributed by atoms with Crippen LogP contribution in [-0.2, 0) is 0 Å². The summed E-state index contributed by atoms with van der Waals surface area (Å²) in [4.78, 5) is 10.5. The topological polar surface area (TPSA) is 25.8 Å². The summed E-state index contributed by atoms with van der Waals surface area (Å²) in [5.41, 5.74) is 7.31. The molecule has 1 heterocycles. The molecule has 0 spiro atoms. The molecule has 250 valence electrons. The fourth-order valence-corrected chi connectivity index (χ4v) is 8.47. The van der Waals surface area contributed by atoms with Crippen LogP contribution in [0.2, 0.25) is 0 Å². The number of hydrogen-bond acceptors (Lipinski definition) is 2. The minimum atomic E-state index is 0.704. The third-order valence-electron chi connectivity index (χ3n) is 11.0. The highest BCUT2D eigenvalue weighted by molar-refractivity contribution is 6.26. The lowest BCUT2D eigenvalue weighted by atomic mass is 9.89. The molecule has 2 heteroatoms. The zero-order valence-electron chi connectivity index (χ0n) is 29.4. The summed E-state index contributed by atoms with van der Waals surface area (Å²) in [5.74, 6) is 0.704. The minimum Gasteiger partial charge on any atom is -0.228 e. The quantitative estimate of drug-likeness (QED) is 0.136. The zero-order valence-corrected chi connectivity index (χ0v) is 29.4. The third kappa shape index (κ3) is 4.88. The Hall–Kier alpha value is -7.16. The van der Waals surface area contributed by atoms with Crippen LogP contribution in [0.1, 0.15) is 0 Å². The maximum atomic E-state index is 5.27. The molecule has 0 bridgehead atoms. The highest BCUT2D eigenvalue weighted by Crippen LogP contribution is 2.41. The molecule has 10 aromatic carbocycles. The molecule has 54 heavy (non-hydrogen) atoms. The van der Waals surface area contributed by atoms with E-state index in [1.807, 2.05) is 6.07 Å². The van der Waals surface area contributed by atoms with Crippen molar-refractivity contribution in [1.82, 2.24) is 9.97 Å². The minimum absolute atomic E-state index is 0.704. The van der Waals surface area contributed by atoms with Crippen molar-refractivity contribution in [1.29, 1.82) is 0 Å². The standard InChI is InChI=1S/C52H32N2/c1-2-13-34(14-3-1)49-32-50(38-27-28-45-43-20-9-8-18-41(43)42-19-10-11-21-44(42)48(45)31-38)54-52(53-49)36-24-22-35(23-25-36)51-40-17-7-5-15-37(40)30-47-39-16-6-4-12-33(39)26-29-46(47)51/h1-32H. The predicted molar refractivity (Wildman–Crippen MR) is 229 cm³/mol. The summed E-state index contributed by atoms with van der Waals surface area (Å²) in [6.45, 7) is 0. The second kappa shape index (κ2) is 12.2. The van der Waals surface area contributed by atoms with Crippen LogP contribution in [0.15, 0.2) is 194 Å². The van der Waals surface area contributed by atoms with Crippen LogP contribution in [-0.4, -0.2) is 9.97 Å². The van der Waals surface area contributed by atoms with E-state index in [2.05, 4.69) is 188 Å². The number of fused-ring (bicyclic) bond motifs is 10. The van der Waals surface area contributed by atoms with E-state index in [9.17, 15) is 0 Å². The summed E-state index contributed by atoms with van der Waals surface area (Å²) in [5, 5.41) is 15.0. The van der Waals surface area contributed by atoms with Crippen molar-refractivity contribution >= 4 is 64.6 Å². The Balaban J connectivity index is 1.09. The summed E-state index contributed by atoms with van der Waals surface area (Å²) in [6.07, 6.45) is 0. The monoisotopic (exact) mass is 684 g/mol. The molecule has 0 fully saturated rings. The number of nitrogens with zero attached hydrogens (tertiary/aromatic N) is 2. The van der Waals surface area contributed by atoms with Crippen LogP contribution in [0.25, 0.3) is 110 Å². The van der Waals surface area contributed by atoms with Gasteiger partial charge in [0.25, 0.3) is 0 Å². The van der Waals surface area contributed by atoms with Crippen molar-refractivity contribution < 1.29 is 0 Å². The molecule has 1 aromatic heterocycles. The van der Waals surface area contributed by atoms with Gasteiger partial charge in [-0.2, -0.15) is 0 Å². The lowest BCUT2D eigenvalue weighted by molar-refractivity contribution is 1.18. The molecule has 11 rings (SSSR count). The highest BCUT2D eigenvalue weighted by Gasteiger charge is 2.16. The lowest BCUT2D eigenvalue weighted by Gasteiger charge is -2.15. The normalized spacial score (nSPS) is 11.7. The average molecular weight is 685 g/mol. The summed E-state index contributed by atoms with van der Waals surface area (Å²) >= 11 is 0. The van der Waals surface area contributed by atoms with E-state index < -0.39 is 0 Å². The van der Waals surface area contributed by atoms with Crippen LogP contribution < -0.4 is 0 Å². The molecule has 0 atom stereocenters. The van der Waals surface area contributed by atoms with Gasteiger partial charge in [-0.15, -0.1) is 0 Å². The van der Waals surface area contributed by atoms with E-state index in [4.69, 9.17) is 9.97 Å². The van der Waals surface area contributed by atoms with E-state index in [0.29, 0.717) is 5.82 Å². The molecule has 0 aliphatic heterocycles. The molecule has 0 radical (unpaired) electrons. The Morgan fingerprint density at radius 2 is 0.722 bits per heavy atom. The molecule has 0 saturated carbocycles. The largest absolute Gasteiger partial charge is 0.228 e.